The van der Waals surface area contributed by atoms with Crippen LogP contribution in [0.15, 0.2) is 16.5 Å². The molecule has 2 heterocycles. The van der Waals surface area contributed by atoms with E-state index in [0.717, 1.165) is 38.4 Å². The maximum Gasteiger partial charge on any atom is 0.373 e. The Bertz CT molecular complexity index is 399. The number of rotatable bonds is 6. The van der Waals surface area contributed by atoms with Gasteiger partial charge in [0.1, 0.15) is 5.76 Å². The Hall–Kier alpha value is -1.33. The van der Waals surface area contributed by atoms with Gasteiger partial charge in [-0.2, -0.15) is 0 Å². The second-order valence-corrected chi connectivity index (χ2v) is 4.54. The third kappa shape index (κ3) is 2.91. The summed E-state index contributed by atoms with van der Waals surface area (Å²) in [7, 11) is 1.36. The van der Waals surface area contributed by atoms with Crippen molar-refractivity contribution in [2.45, 2.75) is 25.9 Å². The van der Waals surface area contributed by atoms with Gasteiger partial charge in [-0.3, -0.25) is 4.90 Å². The Morgan fingerprint density at radius 2 is 2.33 bits per heavy atom. The number of carbonyl (C=O) groups is 1. The van der Waals surface area contributed by atoms with E-state index in [9.17, 15) is 4.79 Å². The number of esters is 1. The van der Waals surface area contributed by atoms with Crippen LogP contribution in [0.4, 0.5) is 0 Å². The van der Waals surface area contributed by atoms with Crippen molar-refractivity contribution in [3.8, 4) is 0 Å². The summed E-state index contributed by atoms with van der Waals surface area (Å²) in [6.45, 7) is 6.02. The molecule has 5 heteroatoms. The van der Waals surface area contributed by atoms with Gasteiger partial charge in [0.05, 0.1) is 13.7 Å². The van der Waals surface area contributed by atoms with E-state index in [0.29, 0.717) is 6.04 Å². The van der Waals surface area contributed by atoms with Gasteiger partial charge in [0.2, 0.25) is 5.76 Å². The predicted molar refractivity (Wildman–Crippen MR) is 67.4 cm³/mol. The van der Waals surface area contributed by atoms with E-state index in [2.05, 4.69) is 21.9 Å². The lowest BCUT2D eigenvalue weighted by atomic mass is 10.1. The van der Waals surface area contributed by atoms with Crippen LogP contribution in [0.1, 0.15) is 29.7 Å². The van der Waals surface area contributed by atoms with Crippen LogP contribution in [0.5, 0.6) is 0 Å². The van der Waals surface area contributed by atoms with Crippen molar-refractivity contribution in [3.05, 3.63) is 23.7 Å². The summed E-state index contributed by atoms with van der Waals surface area (Å²) >= 11 is 0. The first-order valence-corrected chi connectivity index (χ1v) is 6.36. The van der Waals surface area contributed by atoms with Crippen molar-refractivity contribution in [1.29, 1.82) is 0 Å². The Labute approximate surface area is 107 Å². The topological polar surface area (TPSA) is 54.7 Å². The van der Waals surface area contributed by atoms with E-state index in [4.69, 9.17) is 4.42 Å². The van der Waals surface area contributed by atoms with Crippen molar-refractivity contribution in [2.24, 2.45) is 0 Å². The molecule has 0 bridgehead atoms. The Morgan fingerprint density at radius 3 is 2.89 bits per heavy atom. The summed E-state index contributed by atoms with van der Waals surface area (Å²) in [6, 6.07) is 4.10. The average Bonchev–Trinajstić information content (AvgIpc) is 2.74. The maximum atomic E-state index is 11.3. The second kappa shape index (κ2) is 6.02. The van der Waals surface area contributed by atoms with Gasteiger partial charge in [0, 0.05) is 19.1 Å². The number of nitrogens with one attached hydrogen (secondary N) is 1. The minimum Gasteiger partial charge on any atom is -0.463 e. The smallest absolute Gasteiger partial charge is 0.373 e. The van der Waals surface area contributed by atoms with Gasteiger partial charge in [-0.25, -0.2) is 4.79 Å². The number of nitrogens with zero attached hydrogens (tertiary/aromatic N) is 1. The Balaban J connectivity index is 1.97. The fourth-order valence-electron chi connectivity index (χ4n) is 2.08. The quantitative estimate of drug-likeness (QED) is 0.772. The monoisotopic (exact) mass is 252 g/mol. The number of furan rings is 1. The van der Waals surface area contributed by atoms with Gasteiger partial charge in [0.15, 0.2) is 0 Å². The van der Waals surface area contributed by atoms with E-state index < -0.39 is 5.97 Å². The molecule has 1 saturated heterocycles. The lowest BCUT2D eigenvalue weighted by Crippen LogP contribution is -2.56. The number of hydrogen-bond acceptors (Lipinski definition) is 5. The SMILES string of the molecule is CCCN(Cc1ccc(C(=O)OC)o1)C1CNC1. The van der Waals surface area contributed by atoms with Crippen molar-refractivity contribution in [2.75, 3.05) is 26.7 Å². The Morgan fingerprint density at radius 1 is 1.56 bits per heavy atom. The van der Waals surface area contributed by atoms with E-state index in [1.54, 1.807) is 6.07 Å². The number of methoxy groups -OCH3 is 1. The third-order valence-electron chi connectivity index (χ3n) is 3.19. The standard InChI is InChI=1S/C13H20N2O3/c1-3-6-15(10-7-14-8-10)9-11-4-5-12(18-11)13(16)17-2/h4-5,10,14H,3,6-9H2,1-2H3. The fourth-order valence-corrected chi connectivity index (χ4v) is 2.08. The summed E-state index contributed by atoms with van der Waals surface area (Å²) in [5.74, 6) is 0.667. The highest BCUT2D eigenvalue weighted by Gasteiger charge is 2.25. The molecule has 0 aromatic carbocycles. The van der Waals surface area contributed by atoms with Crippen LogP contribution >= 0.6 is 0 Å². The van der Waals surface area contributed by atoms with Gasteiger partial charge in [-0.05, 0) is 25.1 Å². The molecule has 0 unspecified atom stereocenters. The molecule has 0 amide bonds. The zero-order valence-corrected chi connectivity index (χ0v) is 10.9. The molecule has 0 atom stereocenters. The molecule has 5 nitrogen and oxygen atoms in total. The van der Waals surface area contributed by atoms with Crippen LogP contribution in [0.2, 0.25) is 0 Å². The van der Waals surface area contributed by atoms with Crippen LogP contribution in [-0.2, 0) is 11.3 Å². The summed E-state index contributed by atoms with van der Waals surface area (Å²) in [5, 5.41) is 3.27. The molecule has 0 saturated carbocycles. The molecule has 2 rings (SSSR count). The first kappa shape index (κ1) is 13.1. The molecule has 0 spiro atoms. The largest absolute Gasteiger partial charge is 0.463 e. The van der Waals surface area contributed by atoms with Crippen molar-refractivity contribution >= 4 is 5.97 Å². The minimum absolute atomic E-state index is 0.274. The first-order chi connectivity index (χ1) is 8.74. The predicted octanol–water partition coefficient (Wildman–Crippen LogP) is 1.25. The van der Waals surface area contributed by atoms with E-state index in [1.807, 2.05) is 6.07 Å². The highest BCUT2D eigenvalue weighted by Crippen LogP contribution is 2.15. The summed E-state index contributed by atoms with van der Waals surface area (Å²) < 4.78 is 10.1. The molecule has 100 valence electrons. The van der Waals surface area contributed by atoms with Gasteiger partial charge in [-0.15, -0.1) is 0 Å². The number of ether oxygens (including phenoxy) is 1. The molecule has 1 aromatic heterocycles. The van der Waals surface area contributed by atoms with Gasteiger partial charge >= 0.3 is 5.97 Å². The number of hydrogen-bond donors (Lipinski definition) is 1. The first-order valence-electron chi connectivity index (χ1n) is 6.36. The van der Waals surface area contributed by atoms with Crippen molar-refractivity contribution in [1.82, 2.24) is 10.2 Å². The van der Waals surface area contributed by atoms with Crippen LogP contribution in [0, 0.1) is 0 Å². The molecule has 1 aliphatic rings. The molecular weight excluding hydrogens is 232 g/mol. The molecule has 0 radical (unpaired) electrons. The van der Waals surface area contributed by atoms with Crippen molar-refractivity contribution in [3.63, 3.8) is 0 Å². The summed E-state index contributed by atoms with van der Waals surface area (Å²) in [4.78, 5) is 13.7. The molecule has 1 N–H and O–H groups in total. The van der Waals surface area contributed by atoms with Gasteiger partial charge < -0.3 is 14.5 Å². The third-order valence-corrected chi connectivity index (χ3v) is 3.19. The van der Waals surface area contributed by atoms with Crippen molar-refractivity contribution < 1.29 is 13.9 Å². The Kier molecular flexibility index (Phi) is 4.38. The van der Waals surface area contributed by atoms with Gasteiger partial charge in [-0.1, -0.05) is 6.92 Å². The molecule has 1 aliphatic heterocycles. The molecule has 0 aliphatic carbocycles. The lowest BCUT2D eigenvalue weighted by Gasteiger charge is -2.37. The van der Waals surface area contributed by atoms with E-state index in [-0.39, 0.29) is 5.76 Å². The van der Waals surface area contributed by atoms with Crippen LogP contribution in [0.3, 0.4) is 0 Å². The minimum atomic E-state index is -0.423. The zero-order chi connectivity index (χ0) is 13.0. The van der Waals surface area contributed by atoms with Crippen LogP contribution < -0.4 is 5.32 Å². The zero-order valence-electron chi connectivity index (χ0n) is 10.9. The van der Waals surface area contributed by atoms with E-state index in [1.165, 1.54) is 7.11 Å². The highest BCUT2D eigenvalue weighted by atomic mass is 16.5. The molecule has 18 heavy (non-hydrogen) atoms. The fraction of sp³-hybridized carbons (Fsp3) is 0.615. The van der Waals surface area contributed by atoms with Gasteiger partial charge in [0.25, 0.3) is 0 Å². The normalized spacial score (nSPS) is 15.7. The van der Waals surface area contributed by atoms with Crippen LogP contribution in [-0.4, -0.2) is 43.7 Å². The molecule has 1 fully saturated rings. The number of carbonyl (C=O) groups excluding carboxylic acids is 1. The average molecular weight is 252 g/mol. The maximum absolute atomic E-state index is 11.3. The molecular formula is C13H20N2O3. The molecule has 1 aromatic rings. The second-order valence-electron chi connectivity index (χ2n) is 4.54. The highest BCUT2D eigenvalue weighted by molar-refractivity contribution is 5.86. The summed E-state index contributed by atoms with van der Waals surface area (Å²) in [5.41, 5.74) is 0. The lowest BCUT2D eigenvalue weighted by molar-refractivity contribution is 0.0558. The van der Waals surface area contributed by atoms with E-state index >= 15 is 0 Å². The van der Waals surface area contributed by atoms with Crippen LogP contribution in [0.25, 0.3) is 0 Å². The summed E-state index contributed by atoms with van der Waals surface area (Å²) in [6.07, 6.45) is 1.11.